The van der Waals surface area contributed by atoms with Crippen LogP contribution in [0.25, 0.3) is 11.4 Å². The van der Waals surface area contributed by atoms with Gasteiger partial charge in [0.1, 0.15) is 5.82 Å². The lowest BCUT2D eigenvalue weighted by atomic mass is 10.1. The van der Waals surface area contributed by atoms with Crippen LogP contribution in [0.15, 0.2) is 17.3 Å². The highest BCUT2D eigenvalue weighted by atomic mass is 32.2. The molecule has 0 radical (unpaired) electrons. The molecule has 1 aromatic heterocycles. The summed E-state index contributed by atoms with van der Waals surface area (Å²) in [6, 6.07) is 1.31. The van der Waals surface area contributed by atoms with Gasteiger partial charge in [0.05, 0.1) is 10.5 Å². The fourth-order valence-corrected chi connectivity index (χ4v) is 2.29. The van der Waals surface area contributed by atoms with Gasteiger partial charge < -0.3 is 0 Å². The summed E-state index contributed by atoms with van der Waals surface area (Å²) in [4.78, 5) is 9.60. The second kappa shape index (κ2) is 4.82. The summed E-state index contributed by atoms with van der Waals surface area (Å²) in [6.07, 6.45) is 0. The van der Waals surface area contributed by atoms with Crippen molar-refractivity contribution in [2.75, 3.05) is 0 Å². The van der Waals surface area contributed by atoms with Crippen LogP contribution in [-0.4, -0.2) is 28.1 Å². The zero-order valence-electron chi connectivity index (χ0n) is 10.3. The molecular weight excluding hydrogens is 312 g/mol. The number of hydrogen-bond donors (Lipinski definition) is 1. The number of nitrogens with zero attached hydrogens (tertiary/aromatic N) is 4. The minimum atomic E-state index is -4.26. The quantitative estimate of drug-likeness (QED) is 0.639. The molecule has 0 aliphatic carbocycles. The number of rotatable bonds is 3. The molecule has 0 aliphatic rings. The van der Waals surface area contributed by atoms with E-state index in [4.69, 9.17) is 5.14 Å². The van der Waals surface area contributed by atoms with Crippen molar-refractivity contribution >= 4 is 15.7 Å². The maximum absolute atomic E-state index is 14.0. The number of benzene rings is 1. The molecule has 0 amide bonds. The Morgan fingerprint density at radius 3 is 2.43 bits per heavy atom. The zero-order valence-corrected chi connectivity index (χ0v) is 11.1. The lowest BCUT2D eigenvalue weighted by Gasteiger charge is -2.05. The number of aromatic nitrogens is 3. The van der Waals surface area contributed by atoms with Gasteiger partial charge in [0.15, 0.2) is 5.82 Å². The Hall–Kier alpha value is -2.47. The Labute approximate surface area is 116 Å². The molecule has 0 saturated carbocycles. The molecule has 1 aromatic carbocycles. The monoisotopic (exact) mass is 319 g/mol. The van der Waals surface area contributed by atoms with Gasteiger partial charge in [0, 0.05) is 13.1 Å². The van der Waals surface area contributed by atoms with Crippen molar-refractivity contribution in [2.45, 2.75) is 5.16 Å². The van der Waals surface area contributed by atoms with Crippen molar-refractivity contribution in [3.63, 3.8) is 0 Å². The lowest BCUT2D eigenvalue weighted by Crippen LogP contribution is -2.17. The Morgan fingerprint density at radius 1 is 1.33 bits per heavy atom. The van der Waals surface area contributed by atoms with Crippen LogP contribution >= 0.6 is 0 Å². The summed E-state index contributed by atoms with van der Waals surface area (Å²) in [5, 5.41) is 21.3. The Bertz CT molecular complexity index is 848. The minimum Gasteiger partial charge on any atom is -0.300 e. The molecule has 2 aromatic rings. The van der Waals surface area contributed by atoms with Crippen molar-refractivity contribution in [2.24, 2.45) is 12.2 Å². The summed E-state index contributed by atoms with van der Waals surface area (Å²) in [6.45, 7) is 0. The fourth-order valence-electron chi connectivity index (χ4n) is 1.67. The third-order valence-electron chi connectivity index (χ3n) is 2.58. The molecule has 12 heteroatoms. The molecule has 1 heterocycles. The number of sulfonamides is 1. The topological polar surface area (TPSA) is 134 Å². The lowest BCUT2D eigenvalue weighted by molar-refractivity contribution is -0.387. The van der Waals surface area contributed by atoms with E-state index < -0.39 is 48.8 Å². The van der Waals surface area contributed by atoms with E-state index >= 15 is 0 Å². The Balaban J connectivity index is 2.77. The Morgan fingerprint density at radius 2 is 1.95 bits per heavy atom. The van der Waals surface area contributed by atoms with Crippen molar-refractivity contribution in [3.05, 3.63) is 33.9 Å². The van der Waals surface area contributed by atoms with E-state index in [2.05, 4.69) is 10.2 Å². The molecule has 21 heavy (non-hydrogen) atoms. The molecule has 112 valence electrons. The normalized spacial score (nSPS) is 11.6. The van der Waals surface area contributed by atoms with Gasteiger partial charge in [0.2, 0.25) is 5.82 Å². The van der Waals surface area contributed by atoms with Gasteiger partial charge in [-0.1, -0.05) is 0 Å². The van der Waals surface area contributed by atoms with Crippen LogP contribution in [0.5, 0.6) is 0 Å². The number of nitro benzene ring substituents is 1. The molecule has 2 rings (SSSR count). The van der Waals surface area contributed by atoms with Gasteiger partial charge in [0.25, 0.3) is 15.2 Å². The van der Waals surface area contributed by atoms with E-state index in [-0.39, 0.29) is 0 Å². The maximum Gasteiger partial charge on any atom is 0.305 e. The first-order valence-electron chi connectivity index (χ1n) is 5.19. The summed E-state index contributed by atoms with van der Waals surface area (Å²) in [5.41, 5.74) is -1.85. The molecular formula is C9H7F2N5O4S. The summed E-state index contributed by atoms with van der Waals surface area (Å²) in [5.74, 6) is -3.19. The predicted molar refractivity (Wildman–Crippen MR) is 64.4 cm³/mol. The summed E-state index contributed by atoms with van der Waals surface area (Å²) in [7, 11) is -3.16. The van der Waals surface area contributed by atoms with E-state index in [1.165, 1.54) is 0 Å². The number of nitrogens with two attached hydrogens (primary N) is 1. The van der Waals surface area contributed by atoms with Gasteiger partial charge in [-0.05, 0) is 6.07 Å². The first-order valence-corrected chi connectivity index (χ1v) is 6.74. The third kappa shape index (κ3) is 2.45. The van der Waals surface area contributed by atoms with Crippen LogP contribution in [-0.2, 0) is 17.1 Å². The second-order valence-electron chi connectivity index (χ2n) is 3.92. The maximum atomic E-state index is 14.0. The van der Waals surface area contributed by atoms with Crippen LogP contribution in [0.4, 0.5) is 14.5 Å². The van der Waals surface area contributed by atoms with Crippen molar-refractivity contribution in [1.82, 2.24) is 14.8 Å². The molecule has 0 atom stereocenters. The van der Waals surface area contributed by atoms with Gasteiger partial charge >= 0.3 is 5.69 Å². The van der Waals surface area contributed by atoms with Gasteiger partial charge in [-0.2, -0.15) is 4.39 Å². The van der Waals surface area contributed by atoms with Crippen molar-refractivity contribution in [3.8, 4) is 11.4 Å². The molecule has 0 spiro atoms. The number of nitro groups is 1. The van der Waals surface area contributed by atoms with Crippen LogP contribution in [0.1, 0.15) is 0 Å². The largest absolute Gasteiger partial charge is 0.305 e. The molecule has 0 bridgehead atoms. The molecule has 0 aliphatic heterocycles. The summed E-state index contributed by atoms with van der Waals surface area (Å²) < 4.78 is 50.9. The standard InChI is InChI=1S/C9H7F2N5O4S/c1-15-8(13-14-9(15)21(12,19)20)6-4(10)2-3-5(7(6)11)16(17)18/h2-3H,1H3,(H2,12,19,20). The second-order valence-corrected chi connectivity index (χ2v) is 5.38. The van der Waals surface area contributed by atoms with Crippen LogP contribution in [0.2, 0.25) is 0 Å². The molecule has 0 saturated heterocycles. The highest BCUT2D eigenvalue weighted by molar-refractivity contribution is 7.89. The van der Waals surface area contributed by atoms with Crippen molar-refractivity contribution in [1.29, 1.82) is 0 Å². The first kappa shape index (κ1) is 14.9. The average molecular weight is 319 g/mol. The third-order valence-corrected chi connectivity index (χ3v) is 3.44. The van der Waals surface area contributed by atoms with Crippen LogP contribution < -0.4 is 5.14 Å². The molecule has 0 unspecified atom stereocenters. The highest BCUT2D eigenvalue weighted by Crippen LogP contribution is 2.30. The zero-order chi connectivity index (χ0) is 15.9. The van der Waals surface area contributed by atoms with E-state index in [9.17, 15) is 27.3 Å². The Kier molecular flexibility index (Phi) is 3.43. The first-order chi connectivity index (χ1) is 9.64. The number of halogens is 2. The van der Waals surface area contributed by atoms with Gasteiger partial charge in [-0.3, -0.25) is 14.7 Å². The molecule has 0 fully saturated rings. The van der Waals surface area contributed by atoms with E-state index in [1.807, 2.05) is 0 Å². The minimum absolute atomic E-state index is 0.544. The summed E-state index contributed by atoms with van der Waals surface area (Å²) >= 11 is 0. The number of primary sulfonamides is 1. The highest BCUT2D eigenvalue weighted by Gasteiger charge is 2.28. The van der Waals surface area contributed by atoms with Crippen molar-refractivity contribution < 1.29 is 22.1 Å². The smallest absolute Gasteiger partial charge is 0.300 e. The van der Waals surface area contributed by atoms with E-state index in [0.717, 1.165) is 11.6 Å². The van der Waals surface area contributed by atoms with Gasteiger partial charge in [-0.15, -0.1) is 10.2 Å². The van der Waals surface area contributed by atoms with Gasteiger partial charge in [-0.25, -0.2) is 17.9 Å². The average Bonchev–Trinajstić information content (AvgIpc) is 2.71. The van der Waals surface area contributed by atoms with E-state index in [1.54, 1.807) is 0 Å². The molecule has 9 nitrogen and oxygen atoms in total. The predicted octanol–water partition coefficient (Wildman–Crippen LogP) is 0.316. The van der Waals surface area contributed by atoms with Crippen LogP contribution in [0.3, 0.4) is 0 Å². The molecule has 2 N–H and O–H groups in total. The fraction of sp³-hybridized carbons (Fsp3) is 0.111. The SMILES string of the molecule is Cn1c(-c2c(F)ccc([N+](=O)[O-])c2F)nnc1S(N)(=O)=O. The van der Waals surface area contributed by atoms with E-state index in [0.29, 0.717) is 12.1 Å². The van der Waals surface area contributed by atoms with Crippen LogP contribution in [0, 0.1) is 21.7 Å². The number of hydrogen-bond acceptors (Lipinski definition) is 6.